The number of nitrogen functional groups attached to an aromatic ring is 1. The van der Waals surface area contributed by atoms with Crippen molar-refractivity contribution in [3.05, 3.63) is 94.1 Å². The highest BCUT2D eigenvalue weighted by atomic mass is 16.2. The smallest absolute Gasteiger partial charge is 0.150 e. The molecule has 10 nitrogen and oxygen atoms in total. The van der Waals surface area contributed by atoms with Crippen molar-refractivity contribution in [2.75, 3.05) is 12.4 Å². The lowest BCUT2D eigenvalue weighted by Crippen LogP contribution is -2.02. The number of carbonyl (C=O) groups is 1. The van der Waals surface area contributed by atoms with Gasteiger partial charge in [0.25, 0.3) is 0 Å². The standard InChI is InChI=1S/C12H14N4.C10H12O.C2H4N4.C2H6O/c1-9-4-11(3)12(5-10(9)2)6-15-16-7-13-14-8-16;1-7-4-9(3)10(6-11)5-8(7)2;3-6-1-4-5-2-6;1-2-3/h4-8H,1-3H3;4-6H,1-3H3;1-2H,3H2;3H,2H2,1H3/b15-6+;;;. The number of benzene rings is 2. The summed E-state index contributed by atoms with van der Waals surface area (Å²) >= 11 is 0. The molecule has 0 unspecified atom stereocenters. The Labute approximate surface area is 212 Å². The Morgan fingerprint density at radius 2 is 1.14 bits per heavy atom. The summed E-state index contributed by atoms with van der Waals surface area (Å²) in [6.07, 6.45) is 8.69. The molecule has 0 fully saturated rings. The van der Waals surface area contributed by atoms with E-state index in [-0.39, 0.29) is 6.61 Å². The molecule has 0 atom stereocenters. The largest absolute Gasteiger partial charge is 0.397 e. The maximum Gasteiger partial charge on any atom is 0.150 e. The predicted octanol–water partition coefficient (Wildman–Crippen LogP) is 3.50. The number of aliphatic hydroxyl groups is 1. The van der Waals surface area contributed by atoms with E-state index >= 15 is 0 Å². The number of rotatable bonds is 3. The van der Waals surface area contributed by atoms with Crippen LogP contribution in [0.2, 0.25) is 0 Å². The normalized spacial score (nSPS) is 9.89. The zero-order valence-electron chi connectivity index (χ0n) is 22.0. The highest BCUT2D eigenvalue weighted by Crippen LogP contribution is 2.14. The van der Waals surface area contributed by atoms with E-state index in [9.17, 15) is 4.79 Å². The lowest BCUT2D eigenvalue weighted by molar-refractivity contribution is 0.112. The quantitative estimate of drug-likeness (QED) is 0.254. The Morgan fingerprint density at radius 1 is 0.750 bits per heavy atom. The van der Waals surface area contributed by atoms with Crippen molar-refractivity contribution in [2.45, 2.75) is 48.5 Å². The fourth-order valence-corrected chi connectivity index (χ4v) is 2.82. The van der Waals surface area contributed by atoms with Gasteiger partial charge in [-0.2, -0.15) is 5.10 Å². The molecule has 0 spiro atoms. The number of aryl methyl sites for hydroxylation is 6. The van der Waals surface area contributed by atoms with Gasteiger partial charge in [-0.15, -0.1) is 20.4 Å². The zero-order chi connectivity index (χ0) is 27.1. The minimum atomic E-state index is 0.250. The monoisotopic (exact) mass is 492 g/mol. The van der Waals surface area contributed by atoms with E-state index in [0.717, 1.165) is 23.0 Å². The molecule has 0 aliphatic heterocycles. The van der Waals surface area contributed by atoms with Crippen molar-refractivity contribution in [2.24, 2.45) is 5.10 Å². The van der Waals surface area contributed by atoms with E-state index in [1.807, 2.05) is 32.2 Å². The average molecular weight is 493 g/mol. The molecule has 10 heteroatoms. The van der Waals surface area contributed by atoms with Crippen molar-refractivity contribution in [1.82, 2.24) is 29.7 Å². The van der Waals surface area contributed by atoms with Crippen LogP contribution in [0.5, 0.6) is 0 Å². The number of aldehydes is 1. The van der Waals surface area contributed by atoms with Crippen LogP contribution in [0.25, 0.3) is 0 Å². The van der Waals surface area contributed by atoms with Crippen LogP contribution in [0.1, 0.15) is 56.2 Å². The molecule has 0 aliphatic rings. The summed E-state index contributed by atoms with van der Waals surface area (Å²) in [5.41, 5.74) is 9.20. The lowest BCUT2D eigenvalue weighted by atomic mass is 10.0. The van der Waals surface area contributed by atoms with Gasteiger partial charge in [0.2, 0.25) is 0 Å². The Kier molecular flexibility index (Phi) is 13.0. The van der Waals surface area contributed by atoms with E-state index in [1.54, 1.807) is 24.3 Å². The van der Waals surface area contributed by atoms with E-state index in [1.165, 1.54) is 45.1 Å². The van der Waals surface area contributed by atoms with Gasteiger partial charge in [-0.25, -0.2) is 9.35 Å². The maximum atomic E-state index is 10.5. The third-order valence-corrected chi connectivity index (χ3v) is 5.07. The van der Waals surface area contributed by atoms with E-state index < -0.39 is 0 Å². The molecule has 0 aliphatic carbocycles. The molecule has 0 amide bonds. The van der Waals surface area contributed by atoms with Crippen LogP contribution in [0.3, 0.4) is 0 Å². The summed E-state index contributed by atoms with van der Waals surface area (Å²) < 4.78 is 2.86. The third-order valence-electron chi connectivity index (χ3n) is 5.07. The Balaban J connectivity index is 0.000000279. The zero-order valence-corrected chi connectivity index (χ0v) is 22.0. The fourth-order valence-electron chi connectivity index (χ4n) is 2.82. The summed E-state index contributed by atoms with van der Waals surface area (Å²) in [4.78, 5) is 10.5. The summed E-state index contributed by atoms with van der Waals surface area (Å²) in [6, 6.07) is 8.28. The molecule has 3 N–H and O–H groups in total. The summed E-state index contributed by atoms with van der Waals surface area (Å²) in [5.74, 6) is 5.07. The number of hydrogen-bond donors (Lipinski definition) is 2. The second-order valence-corrected chi connectivity index (χ2v) is 8.02. The van der Waals surface area contributed by atoms with E-state index in [4.69, 9.17) is 10.9 Å². The van der Waals surface area contributed by atoms with Crippen molar-refractivity contribution in [1.29, 1.82) is 0 Å². The molecule has 0 radical (unpaired) electrons. The summed E-state index contributed by atoms with van der Waals surface area (Å²) in [7, 11) is 0. The second-order valence-electron chi connectivity index (χ2n) is 8.02. The van der Waals surface area contributed by atoms with Crippen LogP contribution in [0.4, 0.5) is 0 Å². The van der Waals surface area contributed by atoms with Gasteiger partial charge in [-0.3, -0.25) is 4.79 Å². The molecule has 0 bridgehead atoms. The van der Waals surface area contributed by atoms with Gasteiger partial charge >= 0.3 is 0 Å². The highest BCUT2D eigenvalue weighted by Gasteiger charge is 2.00. The molecule has 2 aromatic carbocycles. The van der Waals surface area contributed by atoms with Crippen LogP contribution < -0.4 is 5.84 Å². The summed E-state index contributed by atoms with van der Waals surface area (Å²) in [5, 5.41) is 26.0. The molecule has 2 heterocycles. The average Bonchev–Trinajstić information content (AvgIpc) is 3.53. The van der Waals surface area contributed by atoms with Crippen molar-refractivity contribution < 1.29 is 9.90 Å². The number of aliphatic hydroxyl groups excluding tert-OH is 1. The fraction of sp³-hybridized carbons (Fsp3) is 0.308. The van der Waals surface area contributed by atoms with Gasteiger partial charge < -0.3 is 10.9 Å². The topological polar surface area (TPSA) is 137 Å². The third kappa shape index (κ3) is 10.4. The summed E-state index contributed by atoms with van der Waals surface area (Å²) in [6.45, 7) is 14.3. The molecule has 4 aromatic rings. The van der Waals surface area contributed by atoms with Gasteiger partial charge in [0.1, 0.15) is 31.6 Å². The molecule has 36 heavy (non-hydrogen) atoms. The SMILES string of the molecule is CCO.Cc1cc(C)c(/C=N/n2cnnc2)cc1C.Cc1cc(C)c(C=O)cc1C.Nn1cnnc1. The molecular weight excluding hydrogens is 456 g/mol. The first kappa shape index (κ1) is 29.9. The van der Waals surface area contributed by atoms with Gasteiger partial charge in [0.15, 0.2) is 0 Å². The minimum Gasteiger partial charge on any atom is -0.397 e. The van der Waals surface area contributed by atoms with Gasteiger partial charge in [0, 0.05) is 12.2 Å². The molecule has 192 valence electrons. The number of aromatic nitrogens is 6. The van der Waals surface area contributed by atoms with Crippen molar-refractivity contribution in [3.63, 3.8) is 0 Å². The Bertz CT molecular complexity index is 1220. The lowest BCUT2D eigenvalue weighted by Gasteiger charge is -2.05. The molecule has 2 aromatic heterocycles. The Hall–Kier alpha value is -4.18. The second kappa shape index (κ2) is 15.7. The number of hydrogen-bond acceptors (Lipinski definition) is 8. The predicted molar refractivity (Wildman–Crippen MR) is 143 cm³/mol. The number of nitrogens with two attached hydrogens (primary N) is 1. The van der Waals surface area contributed by atoms with Crippen molar-refractivity contribution >= 4 is 12.5 Å². The molecule has 4 rings (SSSR count). The van der Waals surface area contributed by atoms with Crippen LogP contribution in [-0.4, -0.2) is 54.0 Å². The van der Waals surface area contributed by atoms with Crippen LogP contribution in [0, 0.1) is 41.5 Å². The highest BCUT2D eigenvalue weighted by molar-refractivity contribution is 5.82. The first-order valence-corrected chi connectivity index (χ1v) is 11.3. The Morgan fingerprint density at radius 3 is 1.56 bits per heavy atom. The first-order valence-electron chi connectivity index (χ1n) is 11.3. The van der Waals surface area contributed by atoms with Gasteiger partial charge in [0.05, 0.1) is 6.21 Å². The first-order chi connectivity index (χ1) is 17.1. The van der Waals surface area contributed by atoms with Crippen LogP contribution in [-0.2, 0) is 0 Å². The van der Waals surface area contributed by atoms with Gasteiger partial charge in [-0.05, 0) is 99.5 Å². The maximum absolute atomic E-state index is 10.5. The van der Waals surface area contributed by atoms with E-state index in [0.29, 0.717) is 0 Å². The van der Waals surface area contributed by atoms with Gasteiger partial charge in [-0.1, -0.05) is 12.1 Å². The minimum absolute atomic E-state index is 0.250. The van der Waals surface area contributed by atoms with Crippen molar-refractivity contribution in [3.8, 4) is 0 Å². The van der Waals surface area contributed by atoms with Crippen LogP contribution in [0.15, 0.2) is 54.7 Å². The number of nitrogens with zero attached hydrogens (tertiary/aromatic N) is 7. The number of carbonyl (C=O) groups excluding carboxylic acids is 1. The molecule has 0 saturated heterocycles. The molecule has 0 saturated carbocycles. The van der Waals surface area contributed by atoms with E-state index in [2.05, 4.69) is 65.3 Å². The molecular formula is C26H36N8O2. The van der Waals surface area contributed by atoms with Crippen LogP contribution >= 0.6 is 0 Å².